The van der Waals surface area contributed by atoms with Gasteiger partial charge in [0.1, 0.15) is 0 Å². The van der Waals surface area contributed by atoms with Gasteiger partial charge in [-0.1, -0.05) is 12.1 Å². The molecule has 0 heterocycles. The number of hydrogen-bond acceptors (Lipinski definition) is 2. The average Bonchev–Trinajstić information content (AvgIpc) is 2.36. The molecule has 18 heavy (non-hydrogen) atoms. The first-order valence-corrected chi connectivity index (χ1v) is 5.63. The summed E-state index contributed by atoms with van der Waals surface area (Å²) in [7, 11) is 1.86. The maximum atomic E-state index is 11.9. The summed E-state index contributed by atoms with van der Waals surface area (Å²) >= 11 is 0. The lowest BCUT2D eigenvalue weighted by Crippen LogP contribution is -2.32. The fourth-order valence-corrected chi connectivity index (χ4v) is 1.37. The van der Waals surface area contributed by atoms with E-state index in [1.807, 2.05) is 26.1 Å². The van der Waals surface area contributed by atoms with Crippen LogP contribution in [0.3, 0.4) is 0 Å². The zero-order chi connectivity index (χ0) is 13.5. The van der Waals surface area contributed by atoms with Gasteiger partial charge in [0, 0.05) is 11.7 Å². The van der Waals surface area contributed by atoms with Crippen molar-refractivity contribution in [2.24, 2.45) is 0 Å². The normalized spacial score (nSPS) is 12.3. The molecule has 0 fully saturated rings. The third kappa shape index (κ3) is 4.67. The molecule has 1 atom stereocenters. The van der Waals surface area contributed by atoms with E-state index in [0.29, 0.717) is 5.69 Å². The first-order valence-electron chi connectivity index (χ1n) is 5.63. The van der Waals surface area contributed by atoms with Gasteiger partial charge in [0.2, 0.25) is 0 Å². The van der Waals surface area contributed by atoms with Gasteiger partial charge in [0.05, 0.1) is 6.54 Å². The zero-order valence-electron chi connectivity index (χ0n) is 10.3. The lowest BCUT2D eigenvalue weighted by atomic mass is 10.1. The number of hydrogen-bond donors (Lipinski definition) is 3. The van der Waals surface area contributed by atoms with Crippen LogP contribution in [0.4, 0.5) is 19.3 Å². The molecule has 0 radical (unpaired) electrons. The van der Waals surface area contributed by atoms with Crippen molar-refractivity contribution in [2.45, 2.75) is 19.4 Å². The van der Waals surface area contributed by atoms with E-state index in [9.17, 15) is 13.6 Å². The van der Waals surface area contributed by atoms with Gasteiger partial charge in [-0.05, 0) is 31.7 Å². The number of anilines is 1. The van der Waals surface area contributed by atoms with Gasteiger partial charge in [0.25, 0.3) is 6.43 Å². The van der Waals surface area contributed by atoms with Crippen molar-refractivity contribution in [3.8, 4) is 0 Å². The largest absolute Gasteiger partial charge is 0.332 e. The Hall–Kier alpha value is -1.69. The number of benzene rings is 1. The molecule has 4 nitrogen and oxygen atoms in total. The summed E-state index contributed by atoms with van der Waals surface area (Å²) in [6.07, 6.45) is -2.55. The molecule has 0 aliphatic rings. The molecular weight excluding hydrogens is 240 g/mol. The van der Waals surface area contributed by atoms with Gasteiger partial charge in [-0.2, -0.15) is 0 Å². The summed E-state index contributed by atoms with van der Waals surface area (Å²) in [4.78, 5) is 11.2. The van der Waals surface area contributed by atoms with Gasteiger partial charge in [0.15, 0.2) is 0 Å². The number of halogens is 2. The molecular formula is C12H17F2N3O. The lowest BCUT2D eigenvalue weighted by molar-refractivity contribution is 0.148. The second-order valence-electron chi connectivity index (χ2n) is 3.86. The summed E-state index contributed by atoms with van der Waals surface area (Å²) in [5, 5.41) is 7.64. The van der Waals surface area contributed by atoms with Crippen molar-refractivity contribution in [3.63, 3.8) is 0 Å². The highest BCUT2D eigenvalue weighted by Crippen LogP contribution is 2.15. The molecule has 3 N–H and O–H groups in total. The van der Waals surface area contributed by atoms with Crippen LogP contribution in [0.1, 0.15) is 18.5 Å². The van der Waals surface area contributed by atoms with Crippen molar-refractivity contribution in [2.75, 3.05) is 18.9 Å². The van der Waals surface area contributed by atoms with Crippen LogP contribution < -0.4 is 16.0 Å². The molecule has 2 amide bonds. The summed E-state index contributed by atoms with van der Waals surface area (Å²) in [6.45, 7) is 1.36. The number of carbonyl (C=O) groups excluding carboxylic acids is 1. The van der Waals surface area contributed by atoms with E-state index in [-0.39, 0.29) is 6.04 Å². The Kier molecular flexibility index (Phi) is 5.51. The van der Waals surface area contributed by atoms with Crippen molar-refractivity contribution in [1.29, 1.82) is 0 Å². The fraction of sp³-hybridized carbons (Fsp3) is 0.417. The topological polar surface area (TPSA) is 53.2 Å². The zero-order valence-corrected chi connectivity index (χ0v) is 10.3. The number of amides is 2. The molecule has 0 saturated carbocycles. The molecule has 1 rings (SSSR count). The van der Waals surface area contributed by atoms with Crippen molar-refractivity contribution >= 4 is 11.7 Å². The van der Waals surface area contributed by atoms with Crippen LogP contribution in [0.5, 0.6) is 0 Å². The van der Waals surface area contributed by atoms with Crippen LogP contribution >= 0.6 is 0 Å². The minimum atomic E-state index is -2.55. The Morgan fingerprint density at radius 1 is 1.28 bits per heavy atom. The first-order chi connectivity index (χ1) is 8.52. The van der Waals surface area contributed by atoms with Crippen LogP contribution in [0.2, 0.25) is 0 Å². The summed E-state index contributed by atoms with van der Waals surface area (Å²) in [6, 6.07) is 6.76. The molecule has 0 spiro atoms. The van der Waals surface area contributed by atoms with Crippen molar-refractivity contribution in [1.82, 2.24) is 10.6 Å². The quantitative estimate of drug-likeness (QED) is 0.758. The van der Waals surface area contributed by atoms with Gasteiger partial charge in [-0.3, -0.25) is 0 Å². The molecule has 1 aromatic carbocycles. The number of urea groups is 1. The highest BCUT2D eigenvalue weighted by atomic mass is 19.3. The number of alkyl halides is 2. The number of nitrogens with one attached hydrogen (secondary N) is 3. The van der Waals surface area contributed by atoms with Gasteiger partial charge in [-0.25, -0.2) is 13.6 Å². The maximum Gasteiger partial charge on any atom is 0.319 e. The standard InChI is InChI=1S/C12H17F2N3O/c1-8(15-2)9-3-5-10(6-4-9)17-12(18)16-7-11(13)14/h3-6,8,11,15H,7H2,1-2H3,(H2,16,17,18). The van der Waals surface area contributed by atoms with E-state index < -0.39 is 19.0 Å². The fourth-order valence-electron chi connectivity index (χ4n) is 1.37. The smallest absolute Gasteiger partial charge is 0.319 e. The van der Waals surface area contributed by atoms with E-state index in [2.05, 4.69) is 16.0 Å². The summed E-state index contributed by atoms with van der Waals surface area (Å²) in [5.41, 5.74) is 1.64. The molecule has 0 aliphatic carbocycles. The molecule has 1 unspecified atom stereocenters. The van der Waals surface area contributed by atoms with E-state index >= 15 is 0 Å². The minimum Gasteiger partial charge on any atom is -0.332 e. The Labute approximate surface area is 105 Å². The molecule has 100 valence electrons. The van der Waals surface area contributed by atoms with E-state index in [0.717, 1.165) is 5.56 Å². The van der Waals surface area contributed by atoms with Crippen LogP contribution in [-0.2, 0) is 0 Å². The first kappa shape index (κ1) is 14.4. The molecule has 1 aromatic rings. The van der Waals surface area contributed by atoms with Gasteiger partial charge in [-0.15, -0.1) is 0 Å². The SMILES string of the molecule is CNC(C)c1ccc(NC(=O)NCC(F)F)cc1. The number of rotatable bonds is 5. The highest BCUT2D eigenvalue weighted by Gasteiger charge is 2.07. The molecule has 0 aromatic heterocycles. The molecule has 6 heteroatoms. The van der Waals surface area contributed by atoms with Crippen LogP contribution in [0.15, 0.2) is 24.3 Å². The van der Waals surface area contributed by atoms with Gasteiger partial charge < -0.3 is 16.0 Å². The summed E-state index contributed by atoms with van der Waals surface area (Å²) < 4.78 is 23.7. The Bertz CT molecular complexity index is 381. The third-order valence-electron chi connectivity index (χ3n) is 2.52. The minimum absolute atomic E-state index is 0.215. The second kappa shape index (κ2) is 6.90. The maximum absolute atomic E-state index is 11.9. The Morgan fingerprint density at radius 3 is 2.39 bits per heavy atom. The predicted molar refractivity (Wildman–Crippen MR) is 66.9 cm³/mol. The average molecular weight is 257 g/mol. The van der Waals surface area contributed by atoms with Crippen LogP contribution in [-0.4, -0.2) is 26.0 Å². The lowest BCUT2D eigenvalue weighted by Gasteiger charge is -2.12. The molecule has 0 aliphatic heterocycles. The third-order valence-corrected chi connectivity index (χ3v) is 2.52. The van der Waals surface area contributed by atoms with Crippen LogP contribution in [0.25, 0.3) is 0 Å². The monoisotopic (exact) mass is 257 g/mol. The molecule has 0 saturated heterocycles. The van der Waals surface area contributed by atoms with Gasteiger partial charge >= 0.3 is 6.03 Å². The van der Waals surface area contributed by atoms with Crippen molar-refractivity contribution < 1.29 is 13.6 Å². The van der Waals surface area contributed by atoms with E-state index in [4.69, 9.17) is 0 Å². The molecule has 0 bridgehead atoms. The van der Waals surface area contributed by atoms with Crippen molar-refractivity contribution in [3.05, 3.63) is 29.8 Å². The Morgan fingerprint density at radius 2 is 1.89 bits per heavy atom. The second-order valence-corrected chi connectivity index (χ2v) is 3.86. The highest BCUT2D eigenvalue weighted by molar-refractivity contribution is 5.89. The van der Waals surface area contributed by atoms with Crippen LogP contribution in [0, 0.1) is 0 Å². The summed E-state index contributed by atoms with van der Waals surface area (Å²) in [5.74, 6) is 0. The van der Waals surface area contributed by atoms with E-state index in [1.165, 1.54) is 0 Å². The number of carbonyl (C=O) groups is 1. The van der Waals surface area contributed by atoms with E-state index in [1.54, 1.807) is 12.1 Å². The Balaban J connectivity index is 2.50. The predicted octanol–water partition coefficient (Wildman–Crippen LogP) is 2.35.